The minimum absolute atomic E-state index is 0.112. The fourth-order valence-electron chi connectivity index (χ4n) is 3.62. The molecular formula is C22H23N7O4. The van der Waals surface area contributed by atoms with E-state index in [1.165, 1.54) is 0 Å². The molecule has 0 radical (unpaired) electrons. The van der Waals surface area contributed by atoms with Crippen molar-refractivity contribution in [2.75, 3.05) is 6.54 Å². The second-order valence-electron chi connectivity index (χ2n) is 7.72. The normalized spacial score (nSPS) is 14.5. The number of nitrogens with one attached hydrogen (secondary N) is 2. The van der Waals surface area contributed by atoms with Gasteiger partial charge in [0.2, 0.25) is 0 Å². The Hall–Kier alpha value is -4.15. The largest absolute Gasteiger partial charge is 0.483 e. The molecule has 0 saturated heterocycles. The Bertz CT molecular complexity index is 1130. The van der Waals surface area contributed by atoms with E-state index in [-0.39, 0.29) is 18.3 Å². The molecule has 3 aromatic heterocycles. The van der Waals surface area contributed by atoms with E-state index in [9.17, 15) is 9.59 Å². The summed E-state index contributed by atoms with van der Waals surface area (Å²) in [6, 6.07) is 5.56. The van der Waals surface area contributed by atoms with Gasteiger partial charge in [0.1, 0.15) is 5.82 Å². The molecule has 170 valence electrons. The quantitative estimate of drug-likeness (QED) is 0.493. The number of nitrogens with zero attached hydrogens (tertiary/aromatic N) is 5. The Morgan fingerprint density at radius 3 is 2.64 bits per heavy atom. The third-order valence-corrected chi connectivity index (χ3v) is 5.45. The van der Waals surface area contributed by atoms with Gasteiger partial charge in [0.25, 0.3) is 18.3 Å². The van der Waals surface area contributed by atoms with Crippen molar-refractivity contribution < 1.29 is 19.5 Å². The van der Waals surface area contributed by atoms with Gasteiger partial charge in [-0.2, -0.15) is 5.10 Å². The van der Waals surface area contributed by atoms with Crippen LogP contribution in [0, 0.1) is 0 Å². The molecule has 1 saturated carbocycles. The number of carboxylic acid groups (broad SMARTS) is 1. The van der Waals surface area contributed by atoms with Gasteiger partial charge in [0.15, 0.2) is 5.69 Å². The minimum atomic E-state index is -0.250. The fraction of sp³-hybridized carbons (Fsp3) is 0.318. The lowest BCUT2D eigenvalue weighted by atomic mass is 10.0. The van der Waals surface area contributed by atoms with E-state index in [4.69, 9.17) is 9.90 Å². The number of hydrogen-bond donors (Lipinski definition) is 3. The van der Waals surface area contributed by atoms with Gasteiger partial charge in [-0.05, 0) is 31.4 Å². The zero-order chi connectivity index (χ0) is 23.2. The molecule has 0 bridgehead atoms. The summed E-state index contributed by atoms with van der Waals surface area (Å²) >= 11 is 0. The van der Waals surface area contributed by atoms with Crippen molar-refractivity contribution in [2.24, 2.45) is 0 Å². The monoisotopic (exact) mass is 449 g/mol. The molecule has 3 aromatic rings. The second kappa shape index (κ2) is 9.98. The zero-order valence-corrected chi connectivity index (χ0v) is 17.8. The van der Waals surface area contributed by atoms with Gasteiger partial charge in [-0.1, -0.05) is 6.07 Å². The van der Waals surface area contributed by atoms with Gasteiger partial charge < -0.3 is 15.3 Å². The van der Waals surface area contributed by atoms with Crippen molar-refractivity contribution in [2.45, 2.75) is 38.3 Å². The number of H-pyrrole nitrogens is 1. The topological polar surface area (TPSA) is 154 Å². The first-order valence-corrected chi connectivity index (χ1v) is 10.5. The zero-order valence-electron chi connectivity index (χ0n) is 17.8. The maximum Gasteiger partial charge on any atom is 0.290 e. The van der Waals surface area contributed by atoms with Crippen LogP contribution in [0.4, 0.5) is 0 Å². The van der Waals surface area contributed by atoms with Crippen LogP contribution >= 0.6 is 0 Å². The Labute approximate surface area is 189 Å². The predicted molar refractivity (Wildman–Crippen MR) is 115 cm³/mol. The van der Waals surface area contributed by atoms with Crippen LogP contribution in [0.15, 0.2) is 36.8 Å². The molecule has 33 heavy (non-hydrogen) atoms. The van der Waals surface area contributed by atoms with E-state index in [1.54, 1.807) is 23.5 Å². The molecule has 1 fully saturated rings. The summed E-state index contributed by atoms with van der Waals surface area (Å²) in [5, 5.41) is 16.9. The van der Waals surface area contributed by atoms with Crippen LogP contribution in [0.3, 0.4) is 0 Å². The molecular weight excluding hydrogens is 426 g/mol. The third-order valence-electron chi connectivity index (χ3n) is 5.45. The number of pyridine rings is 1. The molecule has 1 aliphatic heterocycles. The van der Waals surface area contributed by atoms with Crippen LogP contribution in [0.1, 0.15) is 62.4 Å². The van der Waals surface area contributed by atoms with Crippen LogP contribution in [0.5, 0.6) is 0 Å². The molecule has 2 amide bonds. The molecule has 4 heterocycles. The summed E-state index contributed by atoms with van der Waals surface area (Å²) in [5.41, 5.74) is 3.29. The first-order valence-electron chi connectivity index (χ1n) is 10.5. The van der Waals surface area contributed by atoms with Crippen molar-refractivity contribution in [1.29, 1.82) is 0 Å². The molecule has 11 heteroatoms. The minimum Gasteiger partial charge on any atom is -0.483 e. The van der Waals surface area contributed by atoms with Crippen molar-refractivity contribution in [3.63, 3.8) is 0 Å². The highest BCUT2D eigenvalue weighted by Gasteiger charge is 2.29. The highest BCUT2D eigenvalue weighted by atomic mass is 16.3. The van der Waals surface area contributed by atoms with E-state index in [2.05, 4.69) is 30.5 Å². The van der Waals surface area contributed by atoms with Crippen molar-refractivity contribution >= 4 is 18.3 Å². The standard InChI is InChI=1S/C21H21N7O2.CH2O2/c29-20(25-11-15-3-1-2-7-22-15)18-16-6-8-28(12-17(16)26-27-18)21(30)14-9-23-19(24-10-14)13-4-5-13;2-1-3/h1-3,7,9-10,13H,4-6,8,11-12H2,(H,25,29)(H,26,27);1H,(H,2,3). The lowest BCUT2D eigenvalue weighted by molar-refractivity contribution is -0.122. The maximum absolute atomic E-state index is 12.8. The highest BCUT2D eigenvalue weighted by molar-refractivity contribution is 5.95. The van der Waals surface area contributed by atoms with Crippen molar-refractivity contribution in [3.05, 3.63) is 70.8 Å². The molecule has 2 aliphatic rings. The second-order valence-corrected chi connectivity index (χ2v) is 7.72. The first kappa shape index (κ1) is 22.1. The van der Waals surface area contributed by atoms with Crippen LogP contribution < -0.4 is 5.32 Å². The van der Waals surface area contributed by atoms with E-state index < -0.39 is 0 Å². The lowest BCUT2D eigenvalue weighted by Crippen LogP contribution is -2.36. The summed E-state index contributed by atoms with van der Waals surface area (Å²) in [4.78, 5) is 48.4. The molecule has 3 N–H and O–H groups in total. The summed E-state index contributed by atoms with van der Waals surface area (Å²) < 4.78 is 0. The van der Waals surface area contributed by atoms with Crippen LogP contribution in [-0.2, 0) is 24.3 Å². The van der Waals surface area contributed by atoms with E-state index in [0.717, 1.165) is 35.6 Å². The maximum atomic E-state index is 12.8. The number of rotatable bonds is 5. The average molecular weight is 449 g/mol. The SMILES string of the molecule is O=C(NCc1ccccn1)c1n[nH]c2c1CCN(C(=O)c1cnc(C3CC3)nc1)C2.O=CO. The molecule has 1 aliphatic carbocycles. The number of aromatic amines is 1. The smallest absolute Gasteiger partial charge is 0.290 e. The Morgan fingerprint density at radius 1 is 1.21 bits per heavy atom. The van der Waals surface area contributed by atoms with E-state index in [0.29, 0.717) is 43.2 Å². The molecule has 0 spiro atoms. The van der Waals surface area contributed by atoms with Gasteiger partial charge >= 0.3 is 0 Å². The Kier molecular flexibility index (Phi) is 6.67. The third kappa shape index (κ3) is 5.20. The molecule has 11 nitrogen and oxygen atoms in total. The lowest BCUT2D eigenvalue weighted by Gasteiger charge is -2.26. The van der Waals surface area contributed by atoms with Crippen LogP contribution in [-0.4, -0.2) is 60.0 Å². The Morgan fingerprint density at radius 2 is 1.97 bits per heavy atom. The number of aromatic nitrogens is 5. The number of carbonyl (C=O) groups excluding carboxylic acids is 2. The van der Waals surface area contributed by atoms with Gasteiger partial charge in [0.05, 0.1) is 30.0 Å². The summed E-state index contributed by atoms with van der Waals surface area (Å²) in [7, 11) is 0. The van der Waals surface area contributed by atoms with Crippen molar-refractivity contribution in [1.82, 2.24) is 35.4 Å². The summed E-state index contributed by atoms with van der Waals surface area (Å²) in [6.07, 6.45) is 7.72. The van der Waals surface area contributed by atoms with E-state index in [1.807, 2.05) is 18.2 Å². The van der Waals surface area contributed by atoms with Gasteiger partial charge in [-0.3, -0.25) is 24.5 Å². The average Bonchev–Trinajstić information content (AvgIpc) is 3.62. The molecule has 0 aromatic carbocycles. The molecule has 0 unspecified atom stereocenters. The van der Waals surface area contributed by atoms with Crippen molar-refractivity contribution in [3.8, 4) is 0 Å². The first-order chi connectivity index (χ1) is 16.1. The number of hydrogen-bond acceptors (Lipinski definition) is 7. The Balaban J connectivity index is 0.000000821. The van der Waals surface area contributed by atoms with E-state index >= 15 is 0 Å². The van der Waals surface area contributed by atoms with Crippen LogP contribution in [0.25, 0.3) is 0 Å². The highest BCUT2D eigenvalue weighted by Crippen LogP contribution is 2.37. The number of amides is 2. The number of carbonyl (C=O) groups is 3. The predicted octanol–water partition coefficient (Wildman–Crippen LogP) is 1.30. The van der Waals surface area contributed by atoms with Crippen LogP contribution in [0.2, 0.25) is 0 Å². The van der Waals surface area contributed by atoms with Gasteiger partial charge in [0, 0.05) is 36.6 Å². The summed E-state index contributed by atoms with van der Waals surface area (Å²) in [6.45, 7) is 0.970. The van der Waals surface area contributed by atoms with Gasteiger partial charge in [-0.25, -0.2) is 9.97 Å². The van der Waals surface area contributed by atoms with Gasteiger partial charge in [-0.15, -0.1) is 0 Å². The molecule has 5 rings (SSSR count). The molecule has 0 atom stereocenters. The summed E-state index contributed by atoms with van der Waals surface area (Å²) in [5.74, 6) is 0.919. The number of fused-ring (bicyclic) bond motifs is 1. The fourth-order valence-corrected chi connectivity index (χ4v) is 3.62.